The van der Waals surface area contributed by atoms with Gasteiger partial charge in [-0.15, -0.1) is 0 Å². The third-order valence-corrected chi connectivity index (χ3v) is 6.42. The summed E-state index contributed by atoms with van der Waals surface area (Å²) in [4.78, 5) is 4.55. The van der Waals surface area contributed by atoms with Crippen LogP contribution in [0.25, 0.3) is 11.3 Å². The molecule has 0 atom stereocenters. The summed E-state index contributed by atoms with van der Waals surface area (Å²) < 4.78 is 38.2. The minimum Gasteiger partial charge on any atom is -0.256 e. The molecule has 0 spiro atoms. The second-order valence-electron chi connectivity index (χ2n) is 7.51. The normalized spacial score (nSPS) is 12.4. The lowest BCUT2D eigenvalue weighted by Gasteiger charge is -2.21. The Kier molecular flexibility index (Phi) is 6.09. The molecule has 0 saturated carbocycles. The van der Waals surface area contributed by atoms with Crippen molar-refractivity contribution in [2.45, 2.75) is 58.4 Å². The maximum atomic E-state index is 12.7. The number of hydrogen-bond acceptors (Lipinski definition) is 1. The summed E-state index contributed by atoms with van der Waals surface area (Å²) in [6.45, 7) is 9.07. The van der Waals surface area contributed by atoms with Gasteiger partial charge in [0.05, 0.1) is 19.3 Å². The second-order valence-corrected chi connectivity index (χ2v) is 12.5. The van der Waals surface area contributed by atoms with Crippen LogP contribution in [0.1, 0.15) is 37.3 Å². The molecule has 136 valence electrons. The van der Waals surface area contributed by atoms with Crippen LogP contribution in [0.15, 0.2) is 36.5 Å². The molecule has 1 aromatic carbocycles. The van der Waals surface area contributed by atoms with Gasteiger partial charge in [0.1, 0.15) is 0 Å². The van der Waals surface area contributed by atoms with Crippen LogP contribution in [0.3, 0.4) is 0 Å². The summed E-state index contributed by atoms with van der Waals surface area (Å²) in [6.07, 6.45) is 2.12. The molecule has 5 heteroatoms. The van der Waals surface area contributed by atoms with Gasteiger partial charge in [-0.3, -0.25) is 4.98 Å². The number of alkyl halides is 3. The molecule has 0 fully saturated rings. The molecule has 0 aliphatic heterocycles. The minimum absolute atomic E-state index is 0.627. The van der Waals surface area contributed by atoms with E-state index in [1.54, 1.807) is 0 Å². The number of aryl methyl sites for hydroxylation is 1. The first-order chi connectivity index (χ1) is 11.6. The van der Waals surface area contributed by atoms with Crippen LogP contribution in [0.2, 0.25) is 19.6 Å². The Morgan fingerprint density at radius 2 is 1.64 bits per heavy atom. The van der Waals surface area contributed by atoms with E-state index in [9.17, 15) is 13.2 Å². The van der Waals surface area contributed by atoms with E-state index in [1.165, 1.54) is 35.7 Å². The van der Waals surface area contributed by atoms with Crippen molar-refractivity contribution in [3.05, 3.63) is 47.7 Å². The third-order valence-electron chi connectivity index (χ3n) is 4.36. The first-order valence-corrected chi connectivity index (χ1v) is 12.3. The van der Waals surface area contributed by atoms with Crippen molar-refractivity contribution in [2.75, 3.05) is 0 Å². The lowest BCUT2D eigenvalue weighted by atomic mass is 10.0. The van der Waals surface area contributed by atoms with E-state index in [-0.39, 0.29) is 0 Å². The van der Waals surface area contributed by atoms with Crippen molar-refractivity contribution < 1.29 is 13.2 Å². The zero-order valence-corrected chi connectivity index (χ0v) is 16.4. The average Bonchev–Trinajstić information content (AvgIpc) is 2.53. The Labute approximate surface area is 149 Å². The molecule has 1 aromatic heterocycles. The van der Waals surface area contributed by atoms with Crippen molar-refractivity contribution >= 4 is 13.3 Å². The van der Waals surface area contributed by atoms with E-state index in [4.69, 9.17) is 0 Å². The molecule has 0 amide bonds. The van der Waals surface area contributed by atoms with E-state index in [0.717, 1.165) is 36.2 Å². The molecule has 0 aliphatic carbocycles. The van der Waals surface area contributed by atoms with Gasteiger partial charge in [0.15, 0.2) is 0 Å². The van der Waals surface area contributed by atoms with E-state index >= 15 is 0 Å². The highest BCUT2D eigenvalue weighted by atomic mass is 28.3. The summed E-state index contributed by atoms with van der Waals surface area (Å²) in [7, 11) is -1.51. The van der Waals surface area contributed by atoms with Crippen LogP contribution in [0.4, 0.5) is 13.2 Å². The molecule has 1 heterocycles. The first kappa shape index (κ1) is 19.7. The van der Waals surface area contributed by atoms with Crippen LogP contribution in [-0.2, 0) is 12.6 Å². The molecular weight excluding hydrogens is 339 g/mol. The van der Waals surface area contributed by atoms with Gasteiger partial charge in [-0.2, -0.15) is 13.2 Å². The summed E-state index contributed by atoms with van der Waals surface area (Å²) in [5.74, 6) is 0. The zero-order valence-electron chi connectivity index (χ0n) is 15.4. The maximum Gasteiger partial charge on any atom is 0.416 e. The number of aromatic nitrogens is 1. The predicted molar refractivity (Wildman–Crippen MR) is 101 cm³/mol. The molecule has 0 saturated heterocycles. The highest BCUT2D eigenvalue weighted by Gasteiger charge is 2.30. The molecule has 0 radical (unpaired) electrons. The van der Waals surface area contributed by atoms with E-state index < -0.39 is 19.8 Å². The molecular formula is C20H26F3NSi. The number of rotatable bonds is 6. The molecule has 1 nitrogen and oxygen atoms in total. The largest absolute Gasteiger partial charge is 0.416 e. The fourth-order valence-electron chi connectivity index (χ4n) is 2.93. The Morgan fingerprint density at radius 1 is 1.00 bits per heavy atom. The molecule has 25 heavy (non-hydrogen) atoms. The topological polar surface area (TPSA) is 12.9 Å². The predicted octanol–water partition coefficient (Wildman–Crippen LogP) is 6.05. The fourth-order valence-corrected chi connectivity index (χ4v) is 4.54. The number of hydrogen-bond donors (Lipinski definition) is 0. The number of unbranched alkanes of at least 4 members (excludes halogenated alkanes) is 2. The number of nitrogens with zero attached hydrogens (tertiary/aromatic N) is 1. The van der Waals surface area contributed by atoms with Gasteiger partial charge in [-0.1, -0.05) is 51.5 Å². The van der Waals surface area contributed by atoms with Crippen molar-refractivity contribution in [2.24, 2.45) is 0 Å². The Hall–Kier alpha value is -1.62. The van der Waals surface area contributed by atoms with E-state index in [1.807, 2.05) is 6.20 Å². The molecule has 2 rings (SSSR count). The van der Waals surface area contributed by atoms with E-state index in [0.29, 0.717) is 0 Å². The quantitative estimate of drug-likeness (QED) is 0.449. The van der Waals surface area contributed by atoms with Crippen molar-refractivity contribution in [1.29, 1.82) is 0 Å². The zero-order chi connectivity index (χ0) is 18.7. The molecule has 0 aliphatic rings. The Balaban J connectivity index is 2.37. The van der Waals surface area contributed by atoms with Crippen molar-refractivity contribution in [3.63, 3.8) is 0 Å². The first-order valence-electron chi connectivity index (χ1n) is 8.80. The molecule has 0 bridgehead atoms. The highest BCUT2D eigenvalue weighted by molar-refractivity contribution is 6.89. The van der Waals surface area contributed by atoms with Gasteiger partial charge in [-0.25, -0.2) is 0 Å². The SMILES string of the molecule is CCCCCc1cc(-c2ccc(C(F)(F)F)cc2)ncc1[Si](C)(C)C. The van der Waals surface area contributed by atoms with Gasteiger partial charge in [0.25, 0.3) is 0 Å². The van der Waals surface area contributed by atoms with Crippen LogP contribution < -0.4 is 5.19 Å². The van der Waals surface area contributed by atoms with Crippen LogP contribution in [0.5, 0.6) is 0 Å². The Morgan fingerprint density at radius 3 is 2.16 bits per heavy atom. The van der Waals surface area contributed by atoms with Gasteiger partial charge in [0.2, 0.25) is 0 Å². The lowest BCUT2D eigenvalue weighted by Crippen LogP contribution is -2.40. The maximum absolute atomic E-state index is 12.7. The highest BCUT2D eigenvalue weighted by Crippen LogP contribution is 2.30. The van der Waals surface area contributed by atoms with E-state index in [2.05, 4.69) is 37.6 Å². The lowest BCUT2D eigenvalue weighted by molar-refractivity contribution is -0.137. The monoisotopic (exact) mass is 365 g/mol. The fraction of sp³-hybridized carbons (Fsp3) is 0.450. The van der Waals surface area contributed by atoms with Gasteiger partial charge >= 0.3 is 6.18 Å². The van der Waals surface area contributed by atoms with Gasteiger partial charge < -0.3 is 0 Å². The summed E-state index contributed by atoms with van der Waals surface area (Å²) in [5, 5.41) is 1.35. The number of pyridine rings is 1. The summed E-state index contributed by atoms with van der Waals surface area (Å²) in [6, 6.07) is 7.34. The van der Waals surface area contributed by atoms with Crippen molar-refractivity contribution in [1.82, 2.24) is 4.98 Å². The van der Waals surface area contributed by atoms with Gasteiger partial charge in [-0.05, 0) is 41.8 Å². The van der Waals surface area contributed by atoms with Crippen LogP contribution in [-0.4, -0.2) is 13.1 Å². The van der Waals surface area contributed by atoms with Crippen molar-refractivity contribution in [3.8, 4) is 11.3 Å². The third kappa shape index (κ3) is 5.17. The minimum atomic E-state index is -4.31. The molecule has 0 unspecified atom stereocenters. The standard InChI is InChI=1S/C20H26F3NSi/c1-5-6-7-8-16-13-18(24-14-19(16)25(2,3)4)15-9-11-17(12-10-15)20(21,22)23/h9-14H,5-8H2,1-4H3. The molecule has 2 aromatic rings. The average molecular weight is 366 g/mol. The van der Waals surface area contributed by atoms with Crippen LogP contribution >= 0.6 is 0 Å². The number of benzene rings is 1. The second kappa shape index (κ2) is 7.73. The smallest absolute Gasteiger partial charge is 0.256 e. The van der Waals surface area contributed by atoms with Crippen LogP contribution in [0, 0.1) is 0 Å². The summed E-state index contributed by atoms with van der Waals surface area (Å²) in [5.41, 5.74) is 2.16. The molecule has 0 N–H and O–H groups in total. The van der Waals surface area contributed by atoms with Gasteiger partial charge in [0, 0.05) is 11.8 Å². The Bertz CT molecular complexity index is 700. The summed E-state index contributed by atoms with van der Waals surface area (Å²) >= 11 is 0. The number of halogens is 3.